The van der Waals surface area contributed by atoms with Crippen LogP contribution in [0.1, 0.15) is 33.3 Å². The first-order valence-corrected chi connectivity index (χ1v) is 7.98. The number of nitriles is 1. The monoisotopic (exact) mass is 439 g/mol. The average molecular weight is 439 g/mol. The third kappa shape index (κ3) is 3.21. The number of esters is 2. The largest absolute Gasteiger partial charge is 0.464 e. The van der Waals surface area contributed by atoms with E-state index in [4.69, 9.17) is 15.2 Å². The van der Waals surface area contributed by atoms with E-state index >= 15 is 0 Å². The Morgan fingerprint density at radius 2 is 2.08 bits per heavy atom. The second-order valence-corrected chi connectivity index (χ2v) is 5.91. The molecule has 0 radical (unpaired) electrons. The zero-order valence-electron chi connectivity index (χ0n) is 13.0. The first-order valence-electron chi connectivity index (χ1n) is 6.90. The number of benzene rings is 1. The van der Waals surface area contributed by atoms with E-state index in [0.29, 0.717) is 5.69 Å². The topological polar surface area (TPSA) is 107 Å². The molecule has 124 valence electrons. The zero-order chi connectivity index (χ0) is 17.9. The summed E-state index contributed by atoms with van der Waals surface area (Å²) in [6.45, 7) is 1.91. The number of ether oxygens (including phenoxy) is 2. The Labute approximate surface area is 152 Å². The molecular weight excluding hydrogens is 425 g/mol. The van der Waals surface area contributed by atoms with Crippen LogP contribution in [-0.4, -0.2) is 30.2 Å². The molecular formula is C16H14IN3O4. The molecule has 0 aliphatic carbocycles. The first-order chi connectivity index (χ1) is 11.4. The molecule has 2 N–H and O–H groups in total. The van der Waals surface area contributed by atoms with Crippen LogP contribution >= 0.6 is 22.6 Å². The summed E-state index contributed by atoms with van der Waals surface area (Å²) in [7, 11) is 1.21. The fraction of sp³-hybridized carbons (Fsp3) is 0.188. The molecule has 8 heteroatoms. The van der Waals surface area contributed by atoms with Gasteiger partial charge in [0.05, 0.1) is 36.2 Å². The number of anilines is 1. The first kappa shape index (κ1) is 17.8. The summed E-state index contributed by atoms with van der Waals surface area (Å²) in [6, 6.07) is 6.97. The summed E-state index contributed by atoms with van der Waals surface area (Å²) in [5, 5.41) is 9.18. The lowest BCUT2D eigenvalue weighted by atomic mass is 10.1. The van der Waals surface area contributed by atoms with Crippen molar-refractivity contribution >= 4 is 40.2 Å². The molecule has 24 heavy (non-hydrogen) atoms. The highest BCUT2D eigenvalue weighted by Gasteiger charge is 2.24. The van der Waals surface area contributed by atoms with E-state index in [1.54, 1.807) is 25.1 Å². The van der Waals surface area contributed by atoms with Gasteiger partial charge in [0.15, 0.2) is 5.69 Å². The summed E-state index contributed by atoms with van der Waals surface area (Å²) < 4.78 is 12.0. The second-order valence-electron chi connectivity index (χ2n) is 4.66. The van der Waals surface area contributed by atoms with Gasteiger partial charge < -0.3 is 19.8 Å². The van der Waals surface area contributed by atoms with Crippen LogP contribution in [0.15, 0.2) is 24.4 Å². The highest BCUT2D eigenvalue weighted by molar-refractivity contribution is 14.1. The van der Waals surface area contributed by atoms with Crippen molar-refractivity contribution in [3.05, 3.63) is 44.8 Å². The molecule has 1 aromatic carbocycles. The fourth-order valence-electron chi connectivity index (χ4n) is 2.20. The van der Waals surface area contributed by atoms with Gasteiger partial charge in [-0.15, -0.1) is 0 Å². The van der Waals surface area contributed by atoms with E-state index in [2.05, 4.69) is 22.6 Å². The SMILES string of the molecule is CCOC(=O)c1cc(I)ccc1-n1cc(C#N)c(N)c1C(=O)OC. The van der Waals surface area contributed by atoms with Gasteiger partial charge in [0.1, 0.15) is 6.07 Å². The van der Waals surface area contributed by atoms with Crippen LogP contribution in [0.3, 0.4) is 0 Å². The third-order valence-corrected chi connectivity index (χ3v) is 3.93. The molecule has 0 spiro atoms. The lowest BCUT2D eigenvalue weighted by molar-refractivity contribution is 0.0523. The maximum atomic E-state index is 12.3. The average Bonchev–Trinajstić information content (AvgIpc) is 2.90. The van der Waals surface area contributed by atoms with Gasteiger partial charge in [0.25, 0.3) is 0 Å². The Hall–Kier alpha value is -2.54. The highest BCUT2D eigenvalue weighted by Crippen LogP contribution is 2.27. The van der Waals surface area contributed by atoms with Gasteiger partial charge in [0, 0.05) is 9.77 Å². The predicted molar refractivity (Wildman–Crippen MR) is 94.9 cm³/mol. The zero-order valence-corrected chi connectivity index (χ0v) is 15.2. The lowest BCUT2D eigenvalue weighted by Gasteiger charge is -2.13. The lowest BCUT2D eigenvalue weighted by Crippen LogP contribution is -2.15. The summed E-state index contributed by atoms with van der Waals surface area (Å²) in [4.78, 5) is 24.3. The van der Waals surface area contributed by atoms with E-state index in [9.17, 15) is 14.9 Å². The Morgan fingerprint density at radius 1 is 1.38 bits per heavy atom. The number of nitrogens with zero attached hydrogens (tertiary/aromatic N) is 2. The molecule has 0 atom stereocenters. The minimum Gasteiger partial charge on any atom is -0.464 e. The number of methoxy groups -OCH3 is 1. The van der Waals surface area contributed by atoms with Crippen LogP contribution in [0.4, 0.5) is 5.69 Å². The van der Waals surface area contributed by atoms with E-state index in [1.807, 2.05) is 6.07 Å². The minimum atomic E-state index is -0.706. The van der Waals surface area contributed by atoms with Crippen molar-refractivity contribution in [1.29, 1.82) is 5.26 Å². The molecule has 0 bridgehead atoms. The van der Waals surface area contributed by atoms with Gasteiger partial charge in [-0.1, -0.05) is 0 Å². The molecule has 1 aromatic heterocycles. The number of aromatic nitrogens is 1. The standard InChI is InChI=1S/C16H14IN3O4/c1-3-24-15(21)11-6-10(17)4-5-12(11)20-8-9(7-18)13(19)14(20)16(22)23-2/h4-6,8H,3,19H2,1-2H3. The molecule has 0 amide bonds. The summed E-state index contributed by atoms with van der Waals surface area (Å²) >= 11 is 2.07. The summed E-state index contributed by atoms with van der Waals surface area (Å²) in [6.07, 6.45) is 1.40. The molecule has 0 aliphatic heterocycles. The maximum Gasteiger partial charge on any atom is 0.357 e. The molecule has 2 aromatic rings. The minimum absolute atomic E-state index is 0.00212. The summed E-state index contributed by atoms with van der Waals surface area (Å²) in [5.74, 6) is -1.24. The van der Waals surface area contributed by atoms with Gasteiger partial charge in [-0.25, -0.2) is 9.59 Å². The fourth-order valence-corrected chi connectivity index (χ4v) is 2.69. The number of nitrogen functional groups attached to an aromatic ring is 1. The molecule has 0 saturated carbocycles. The quantitative estimate of drug-likeness (QED) is 0.580. The Morgan fingerprint density at radius 3 is 2.67 bits per heavy atom. The Bertz CT molecular complexity index is 852. The number of carbonyl (C=O) groups is 2. The van der Waals surface area contributed by atoms with Crippen LogP contribution < -0.4 is 5.73 Å². The van der Waals surface area contributed by atoms with Gasteiger partial charge in [-0.3, -0.25) is 0 Å². The molecule has 0 fully saturated rings. The van der Waals surface area contributed by atoms with Crippen LogP contribution in [0.25, 0.3) is 5.69 Å². The maximum absolute atomic E-state index is 12.3. The highest BCUT2D eigenvalue weighted by atomic mass is 127. The number of rotatable bonds is 4. The number of hydrogen-bond acceptors (Lipinski definition) is 6. The number of hydrogen-bond donors (Lipinski definition) is 1. The van der Waals surface area contributed by atoms with Gasteiger partial charge >= 0.3 is 11.9 Å². The van der Waals surface area contributed by atoms with Crippen molar-refractivity contribution < 1.29 is 19.1 Å². The van der Waals surface area contributed by atoms with E-state index in [1.165, 1.54) is 17.9 Å². The van der Waals surface area contributed by atoms with Crippen LogP contribution in [0.2, 0.25) is 0 Å². The molecule has 0 unspecified atom stereocenters. The molecule has 0 saturated heterocycles. The number of nitrogens with two attached hydrogens (primary N) is 1. The molecule has 0 aliphatic rings. The smallest absolute Gasteiger partial charge is 0.357 e. The van der Waals surface area contributed by atoms with Crippen LogP contribution in [0.5, 0.6) is 0 Å². The van der Waals surface area contributed by atoms with Crippen molar-refractivity contribution in [3.63, 3.8) is 0 Å². The predicted octanol–water partition coefficient (Wildman–Crippen LogP) is 2.50. The third-order valence-electron chi connectivity index (χ3n) is 3.26. The van der Waals surface area contributed by atoms with Gasteiger partial charge in [0.2, 0.25) is 0 Å². The number of carbonyl (C=O) groups excluding carboxylic acids is 2. The Kier molecular flexibility index (Phi) is 5.46. The molecule has 1 heterocycles. The van der Waals surface area contributed by atoms with Gasteiger partial charge in [-0.05, 0) is 47.7 Å². The number of halogens is 1. The van der Waals surface area contributed by atoms with Crippen LogP contribution in [-0.2, 0) is 9.47 Å². The Balaban J connectivity index is 2.75. The van der Waals surface area contributed by atoms with Crippen molar-refractivity contribution in [3.8, 4) is 11.8 Å². The van der Waals surface area contributed by atoms with Crippen molar-refractivity contribution in [2.75, 3.05) is 19.5 Å². The normalized spacial score (nSPS) is 10.1. The van der Waals surface area contributed by atoms with Crippen molar-refractivity contribution in [2.45, 2.75) is 6.92 Å². The van der Waals surface area contributed by atoms with Crippen molar-refractivity contribution in [1.82, 2.24) is 4.57 Å². The van der Waals surface area contributed by atoms with Crippen molar-refractivity contribution in [2.24, 2.45) is 0 Å². The second kappa shape index (κ2) is 7.35. The van der Waals surface area contributed by atoms with E-state index in [0.717, 1.165) is 3.57 Å². The molecule has 2 rings (SSSR count). The van der Waals surface area contributed by atoms with Gasteiger partial charge in [-0.2, -0.15) is 5.26 Å². The van der Waals surface area contributed by atoms with E-state index in [-0.39, 0.29) is 29.1 Å². The molecule has 7 nitrogen and oxygen atoms in total. The summed E-state index contributed by atoms with van der Waals surface area (Å²) in [5.41, 5.74) is 6.62. The van der Waals surface area contributed by atoms with Crippen LogP contribution in [0, 0.1) is 14.9 Å². The van der Waals surface area contributed by atoms with E-state index < -0.39 is 11.9 Å².